The number of hydrogen-bond acceptors (Lipinski definition) is 7. The number of ether oxygens (including phenoxy) is 2. The number of benzene rings is 3. The Morgan fingerprint density at radius 3 is 2.11 bits per heavy atom. The Morgan fingerprint density at radius 1 is 0.833 bits per heavy atom. The zero-order chi connectivity index (χ0) is 24.9. The van der Waals surface area contributed by atoms with Crippen LogP contribution in [0.3, 0.4) is 0 Å². The maximum Gasteiger partial charge on any atom is 0.173 e. The van der Waals surface area contributed by atoms with Crippen LogP contribution in [-0.4, -0.2) is 65.5 Å². The topological polar surface area (TPSA) is 68.5 Å². The van der Waals surface area contributed by atoms with Gasteiger partial charge < -0.3 is 14.4 Å². The van der Waals surface area contributed by atoms with Gasteiger partial charge >= 0.3 is 0 Å². The van der Waals surface area contributed by atoms with Gasteiger partial charge in [0, 0.05) is 37.4 Å². The second-order valence-electron chi connectivity index (χ2n) is 8.69. The molecule has 0 spiro atoms. The second-order valence-corrected chi connectivity index (χ2v) is 8.69. The van der Waals surface area contributed by atoms with Gasteiger partial charge in [0.2, 0.25) is 0 Å². The van der Waals surface area contributed by atoms with Crippen LogP contribution in [0.5, 0.6) is 11.5 Å². The highest BCUT2D eigenvalue weighted by Crippen LogP contribution is 2.31. The number of anilines is 1. The summed E-state index contributed by atoms with van der Waals surface area (Å²) in [4.78, 5) is 4.59. The smallest absolute Gasteiger partial charge is 0.173 e. The van der Waals surface area contributed by atoms with Crippen molar-refractivity contribution in [3.05, 3.63) is 95.6 Å². The summed E-state index contributed by atoms with van der Waals surface area (Å²) >= 11 is 0. The molecule has 1 fully saturated rings. The molecule has 4 aromatic rings. The molecule has 186 valence electrons. The zero-order valence-corrected chi connectivity index (χ0v) is 20.4. The van der Waals surface area contributed by atoms with Crippen molar-refractivity contribution in [2.75, 3.05) is 45.3 Å². The van der Waals surface area contributed by atoms with Crippen LogP contribution in [0.4, 0.5) is 10.1 Å². The first-order valence-electron chi connectivity index (χ1n) is 11.9. The predicted molar refractivity (Wildman–Crippen MR) is 135 cm³/mol. The van der Waals surface area contributed by atoms with E-state index in [4.69, 9.17) is 9.47 Å². The Labute approximate surface area is 209 Å². The normalized spacial score (nSPS) is 15.0. The number of tetrazole rings is 1. The number of nitrogens with zero attached hydrogens (tertiary/aromatic N) is 6. The van der Waals surface area contributed by atoms with Gasteiger partial charge in [0.05, 0.1) is 20.8 Å². The number of methoxy groups -OCH3 is 2. The van der Waals surface area contributed by atoms with Crippen LogP contribution in [0.15, 0.2) is 72.8 Å². The first kappa shape index (κ1) is 23.7. The minimum Gasteiger partial charge on any atom is -0.497 e. The standard InChI is InChI=1S/C27H29FN6O2/c1-35-22-11-7-20(8-12-22)19-34-27(29-30-31-34)26(24-5-3-4-6-25(24)28)33-17-15-32(16-18-33)21-9-13-23(36-2)14-10-21/h3-14,26H,15-19H2,1-2H3/t26-/m0/s1. The van der Waals surface area contributed by atoms with Crippen molar-refractivity contribution in [3.63, 3.8) is 0 Å². The monoisotopic (exact) mass is 488 g/mol. The molecular formula is C27H29FN6O2. The van der Waals surface area contributed by atoms with E-state index < -0.39 is 6.04 Å². The minimum atomic E-state index is -0.405. The van der Waals surface area contributed by atoms with Gasteiger partial charge in [-0.15, -0.1) is 5.10 Å². The van der Waals surface area contributed by atoms with Gasteiger partial charge in [-0.2, -0.15) is 0 Å². The molecule has 0 amide bonds. The molecule has 3 aromatic carbocycles. The number of aromatic nitrogens is 4. The number of halogens is 1. The van der Waals surface area contributed by atoms with Gasteiger partial charge in [0.1, 0.15) is 23.4 Å². The van der Waals surface area contributed by atoms with Crippen LogP contribution in [0.2, 0.25) is 0 Å². The third-order valence-electron chi connectivity index (χ3n) is 6.61. The molecule has 36 heavy (non-hydrogen) atoms. The lowest BCUT2D eigenvalue weighted by Gasteiger charge is -2.40. The van der Waals surface area contributed by atoms with E-state index in [1.165, 1.54) is 6.07 Å². The SMILES string of the molecule is COc1ccc(Cn2nnnc2[C@H](c2ccccc2F)N2CCN(c3ccc(OC)cc3)CC2)cc1. The molecule has 1 aliphatic heterocycles. The van der Waals surface area contributed by atoms with Crippen molar-refractivity contribution in [2.45, 2.75) is 12.6 Å². The molecule has 0 saturated carbocycles. The van der Waals surface area contributed by atoms with Crippen molar-refractivity contribution in [3.8, 4) is 11.5 Å². The molecule has 0 radical (unpaired) electrons. The average Bonchev–Trinajstić information content (AvgIpc) is 3.38. The van der Waals surface area contributed by atoms with Crippen LogP contribution < -0.4 is 14.4 Å². The molecule has 8 nitrogen and oxygen atoms in total. The van der Waals surface area contributed by atoms with E-state index in [-0.39, 0.29) is 5.82 Å². The summed E-state index contributed by atoms with van der Waals surface area (Å²) in [7, 11) is 3.31. The highest BCUT2D eigenvalue weighted by Gasteiger charge is 2.32. The molecule has 1 atom stereocenters. The molecule has 9 heteroatoms. The lowest BCUT2D eigenvalue weighted by molar-refractivity contribution is 0.198. The van der Waals surface area contributed by atoms with Gasteiger partial charge in [-0.25, -0.2) is 9.07 Å². The molecule has 0 unspecified atom stereocenters. The van der Waals surface area contributed by atoms with Gasteiger partial charge in [0.25, 0.3) is 0 Å². The molecule has 0 N–H and O–H groups in total. The van der Waals surface area contributed by atoms with E-state index in [1.54, 1.807) is 25.0 Å². The molecule has 1 aliphatic rings. The Hall–Kier alpha value is -3.98. The fourth-order valence-electron chi connectivity index (χ4n) is 4.65. The Kier molecular flexibility index (Phi) is 7.08. The summed E-state index contributed by atoms with van der Waals surface area (Å²) < 4.78 is 27.4. The lowest BCUT2D eigenvalue weighted by atomic mass is 10.0. The summed E-state index contributed by atoms with van der Waals surface area (Å²) in [6, 6.07) is 22.3. The highest BCUT2D eigenvalue weighted by atomic mass is 19.1. The predicted octanol–water partition coefficient (Wildman–Crippen LogP) is 3.79. The third-order valence-corrected chi connectivity index (χ3v) is 6.61. The van der Waals surface area contributed by atoms with E-state index in [9.17, 15) is 0 Å². The van der Waals surface area contributed by atoms with E-state index >= 15 is 4.39 Å². The summed E-state index contributed by atoms with van der Waals surface area (Å²) in [6.07, 6.45) is 0. The molecule has 5 rings (SSSR count). The Morgan fingerprint density at radius 2 is 1.47 bits per heavy atom. The molecular weight excluding hydrogens is 459 g/mol. The summed E-state index contributed by atoms with van der Waals surface area (Å²) in [6.45, 7) is 3.55. The van der Waals surface area contributed by atoms with E-state index in [0.717, 1.165) is 48.9 Å². The number of piperazine rings is 1. The third kappa shape index (κ3) is 5.01. The van der Waals surface area contributed by atoms with Crippen LogP contribution in [-0.2, 0) is 6.54 Å². The van der Waals surface area contributed by atoms with Crippen molar-refractivity contribution in [1.29, 1.82) is 0 Å². The van der Waals surface area contributed by atoms with Crippen molar-refractivity contribution in [2.24, 2.45) is 0 Å². The lowest BCUT2D eigenvalue weighted by Crippen LogP contribution is -2.48. The van der Waals surface area contributed by atoms with Gasteiger partial charge in [0.15, 0.2) is 5.82 Å². The minimum absolute atomic E-state index is 0.265. The van der Waals surface area contributed by atoms with Crippen LogP contribution in [0.25, 0.3) is 0 Å². The number of hydrogen-bond donors (Lipinski definition) is 0. The zero-order valence-electron chi connectivity index (χ0n) is 20.4. The number of rotatable bonds is 8. The maximum atomic E-state index is 15.1. The van der Waals surface area contributed by atoms with Crippen LogP contribution in [0.1, 0.15) is 23.0 Å². The first-order valence-corrected chi connectivity index (χ1v) is 11.9. The Bertz CT molecular complexity index is 1270. The fourth-order valence-corrected chi connectivity index (χ4v) is 4.65. The summed E-state index contributed by atoms with van der Waals surface area (Å²) in [5.41, 5.74) is 2.74. The van der Waals surface area contributed by atoms with Gasteiger partial charge in [-0.05, 0) is 58.5 Å². The van der Waals surface area contributed by atoms with E-state index in [2.05, 4.69) is 37.5 Å². The van der Waals surface area contributed by atoms with Crippen molar-refractivity contribution >= 4 is 5.69 Å². The maximum absolute atomic E-state index is 15.1. The summed E-state index contributed by atoms with van der Waals surface area (Å²) in [5, 5.41) is 12.6. The highest BCUT2D eigenvalue weighted by molar-refractivity contribution is 5.49. The molecule has 0 bridgehead atoms. The fraction of sp³-hybridized carbons (Fsp3) is 0.296. The van der Waals surface area contributed by atoms with Crippen LogP contribution >= 0.6 is 0 Å². The molecule has 1 aromatic heterocycles. The summed E-state index contributed by atoms with van der Waals surface area (Å²) in [5.74, 6) is 1.98. The van der Waals surface area contributed by atoms with Crippen molar-refractivity contribution in [1.82, 2.24) is 25.1 Å². The van der Waals surface area contributed by atoms with Gasteiger partial charge in [-0.3, -0.25) is 4.90 Å². The van der Waals surface area contributed by atoms with E-state index in [0.29, 0.717) is 17.9 Å². The van der Waals surface area contributed by atoms with Crippen molar-refractivity contribution < 1.29 is 13.9 Å². The quantitative estimate of drug-likeness (QED) is 0.374. The molecule has 2 heterocycles. The first-order chi connectivity index (χ1) is 17.7. The second kappa shape index (κ2) is 10.7. The largest absolute Gasteiger partial charge is 0.497 e. The Balaban J connectivity index is 1.40. The van der Waals surface area contributed by atoms with Gasteiger partial charge in [-0.1, -0.05) is 30.3 Å². The molecule has 1 saturated heterocycles. The molecule has 0 aliphatic carbocycles. The average molecular weight is 489 g/mol. The van der Waals surface area contributed by atoms with E-state index in [1.807, 2.05) is 48.5 Å². The van der Waals surface area contributed by atoms with Crippen LogP contribution in [0, 0.1) is 5.82 Å².